The second-order valence-corrected chi connectivity index (χ2v) is 10.9. The zero-order chi connectivity index (χ0) is 32.1. The number of nitrogens with one attached hydrogen (secondary N) is 1. The highest BCUT2D eigenvalue weighted by Crippen LogP contribution is 2.40. The molecule has 8 nitrogen and oxygen atoms in total. The maximum atomic E-state index is 14.5. The standard InChI is InChI=1S/C34H34F3NO7/c1-4-8-21-9-12-23(13-10-21)43-31-29(39)24-14-16-26(44-33(40)22-11-15-27(41-2)28(19-22)42-3)25(20-38-17-6-5-7-18-38)30(24)45-32(31)34(35,36)37/h9-16,19H,4-8,17-18,20H2,1-3H3/p+1. The van der Waals surface area contributed by atoms with E-state index in [-0.39, 0.29) is 40.1 Å². The largest absolute Gasteiger partial charge is 0.493 e. The summed E-state index contributed by atoms with van der Waals surface area (Å²) in [4.78, 5) is 28.0. The lowest BCUT2D eigenvalue weighted by molar-refractivity contribution is -0.918. The lowest BCUT2D eigenvalue weighted by atomic mass is 10.1. The molecular weight excluding hydrogens is 591 g/mol. The van der Waals surface area contributed by atoms with Crippen LogP contribution in [0.25, 0.3) is 11.0 Å². The predicted octanol–water partition coefficient (Wildman–Crippen LogP) is 6.36. The monoisotopic (exact) mass is 626 g/mol. The fourth-order valence-electron chi connectivity index (χ4n) is 5.55. The van der Waals surface area contributed by atoms with Gasteiger partial charge in [-0.2, -0.15) is 13.2 Å². The van der Waals surface area contributed by atoms with Crippen molar-refractivity contribution in [3.05, 3.63) is 87.3 Å². The van der Waals surface area contributed by atoms with Gasteiger partial charge in [-0.15, -0.1) is 0 Å². The van der Waals surface area contributed by atoms with Gasteiger partial charge >= 0.3 is 12.1 Å². The number of methoxy groups -OCH3 is 2. The van der Waals surface area contributed by atoms with E-state index in [0.29, 0.717) is 11.5 Å². The zero-order valence-corrected chi connectivity index (χ0v) is 25.3. The molecule has 2 heterocycles. The molecule has 0 spiro atoms. The maximum absolute atomic E-state index is 14.5. The van der Waals surface area contributed by atoms with E-state index in [1.807, 2.05) is 6.92 Å². The lowest BCUT2D eigenvalue weighted by Gasteiger charge is -2.25. The minimum absolute atomic E-state index is 0.00295. The van der Waals surface area contributed by atoms with Crippen molar-refractivity contribution in [1.29, 1.82) is 0 Å². The molecule has 0 bridgehead atoms. The Kier molecular flexibility index (Phi) is 9.67. The first-order valence-electron chi connectivity index (χ1n) is 14.9. The molecule has 1 aliphatic rings. The second-order valence-electron chi connectivity index (χ2n) is 10.9. The van der Waals surface area contributed by atoms with E-state index in [1.54, 1.807) is 18.2 Å². The van der Waals surface area contributed by atoms with Crippen molar-refractivity contribution < 1.29 is 46.2 Å². The molecule has 0 radical (unpaired) electrons. The molecule has 0 saturated carbocycles. The highest BCUT2D eigenvalue weighted by Gasteiger charge is 2.41. The molecule has 0 amide bonds. The van der Waals surface area contributed by atoms with Crippen molar-refractivity contribution >= 4 is 16.9 Å². The minimum Gasteiger partial charge on any atom is -0.493 e. The first kappa shape index (κ1) is 31.9. The third kappa shape index (κ3) is 7.09. The van der Waals surface area contributed by atoms with Crippen LogP contribution in [-0.2, 0) is 19.1 Å². The van der Waals surface area contributed by atoms with Crippen molar-refractivity contribution in [3.8, 4) is 28.7 Å². The van der Waals surface area contributed by atoms with Crippen LogP contribution in [0.2, 0.25) is 0 Å². The average molecular weight is 627 g/mol. The van der Waals surface area contributed by atoms with Crippen LogP contribution in [0.15, 0.2) is 63.8 Å². The summed E-state index contributed by atoms with van der Waals surface area (Å²) >= 11 is 0. The van der Waals surface area contributed by atoms with Gasteiger partial charge in [0.1, 0.15) is 18.0 Å². The van der Waals surface area contributed by atoms with Crippen LogP contribution in [0.4, 0.5) is 13.2 Å². The smallest absolute Gasteiger partial charge is 0.453 e. The Labute approximate surface area is 258 Å². The first-order valence-corrected chi connectivity index (χ1v) is 14.9. The number of alkyl halides is 3. The molecule has 0 unspecified atom stereocenters. The Morgan fingerprint density at radius 2 is 1.60 bits per heavy atom. The molecule has 4 aromatic rings. The summed E-state index contributed by atoms with van der Waals surface area (Å²) in [5.74, 6) is -2.50. The summed E-state index contributed by atoms with van der Waals surface area (Å²) in [6, 6.07) is 13.7. The molecule has 238 valence electrons. The van der Waals surface area contributed by atoms with E-state index in [0.717, 1.165) is 55.7 Å². The molecule has 1 N–H and O–H groups in total. The topological polar surface area (TPSA) is 88.6 Å². The molecule has 3 aromatic carbocycles. The fraction of sp³-hybridized carbons (Fsp3) is 0.353. The molecule has 1 aliphatic heterocycles. The Bertz CT molecular complexity index is 1730. The Morgan fingerprint density at radius 3 is 2.24 bits per heavy atom. The Balaban J connectivity index is 1.61. The van der Waals surface area contributed by atoms with Gasteiger partial charge in [-0.25, -0.2) is 4.79 Å². The molecule has 0 atom stereocenters. The van der Waals surface area contributed by atoms with E-state index in [2.05, 4.69) is 0 Å². The predicted molar refractivity (Wildman–Crippen MR) is 161 cm³/mol. The average Bonchev–Trinajstić information content (AvgIpc) is 3.03. The summed E-state index contributed by atoms with van der Waals surface area (Å²) in [5.41, 5.74) is 0.0421. The van der Waals surface area contributed by atoms with E-state index in [9.17, 15) is 22.8 Å². The number of rotatable bonds is 10. The number of aryl methyl sites for hydroxylation is 1. The first-order chi connectivity index (χ1) is 21.6. The number of benzene rings is 3. The van der Waals surface area contributed by atoms with E-state index >= 15 is 0 Å². The van der Waals surface area contributed by atoms with Crippen LogP contribution in [-0.4, -0.2) is 33.3 Å². The van der Waals surface area contributed by atoms with Crippen molar-refractivity contribution in [1.82, 2.24) is 0 Å². The number of hydrogen-bond acceptors (Lipinski definition) is 7. The molecule has 1 aromatic heterocycles. The SMILES string of the molecule is CCCc1ccc(Oc2c(C(F)(F)F)oc3c(C[NH+]4CCCCC4)c(OC(=O)c4ccc(OC)c(OC)c4)ccc3c2=O)cc1. The van der Waals surface area contributed by atoms with Crippen LogP contribution in [0, 0.1) is 0 Å². The summed E-state index contributed by atoms with van der Waals surface area (Å²) in [7, 11) is 2.89. The third-order valence-corrected chi connectivity index (χ3v) is 7.83. The van der Waals surface area contributed by atoms with Crippen molar-refractivity contribution in [3.63, 3.8) is 0 Å². The zero-order valence-electron chi connectivity index (χ0n) is 25.3. The number of halogens is 3. The molecule has 0 aliphatic carbocycles. The van der Waals surface area contributed by atoms with Crippen LogP contribution in [0.3, 0.4) is 0 Å². The van der Waals surface area contributed by atoms with Crippen molar-refractivity contribution in [2.45, 2.75) is 51.7 Å². The van der Waals surface area contributed by atoms with Gasteiger partial charge in [0, 0.05) is 0 Å². The second kappa shape index (κ2) is 13.6. The Hall–Kier alpha value is -4.51. The van der Waals surface area contributed by atoms with Crippen LogP contribution >= 0.6 is 0 Å². The maximum Gasteiger partial charge on any atom is 0.453 e. The molecule has 45 heavy (non-hydrogen) atoms. The van der Waals surface area contributed by atoms with Gasteiger partial charge in [0.25, 0.3) is 5.76 Å². The van der Waals surface area contributed by atoms with Crippen LogP contribution in [0.5, 0.6) is 28.7 Å². The summed E-state index contributed by atoms with van der Waals surface area (Å²) in [6.07, 6.45) is -0.423. The van der Waals surface area contributed by atoms with Gasteiger partial charge < -0.3 is 28.3 Å². The van der Waals surface area contributed by atoms with Crippen LogP contribution < -0.4 is 29.3 Å². The normalized spacial score (nSPS) is 13.9. The highest BCUT2D eigenvalue weighted by molar-refractivity contribution is 5.93. The third-order valence-electron chi connectivity index (χ3n) is 7.83. The number of piperidine rings is 1. The van der Waals surface area contributed by atoms with Gasteiger partial charge in [0.05, 0.1) is 43.8 Å². The quantitative estimate of drug-likeness (QED) is 0.162. The number of ether oxygens (including phenoxy) is 4. The van der Waals surface area contributed by atoms with Gasteiger partial charge in [-0.3, -0.25) is 4.79 Å². The molecule has 1 saturated heterocycles. The summed E-state index contributed by atoms with van der Waals surface area (Å²) < 4.78 is 70.7. The van der Waals surface area contributed by atoms with Gasteiger partial charge in [0.2, 0.25) is 11.2 Å². The van der Waals surface area contributed by atoms with Gasteiger partial charge in [0.15, 0.2) is 17.1 Å². The van der Waals surface area contributed by atoms with Crippen LogP contribution in [0.1, 0.15) is 59.9 Å². The van der Waals surface area contributed by atoms with Crippen molar-refractivity contribution in [2.24, 2.45) is 0 Å². The molecule has 11 heteroatoms. The van der Waals surface area contributed by atoms with Gasteiger partial charge in [-0.05, 0) is 73.7 Å². The number of quaternary nitrogens is 1. The highest BCUT2D eigenvalue weighted by atomic mass is 19.4. The Morgan fingerprint density at radius 1 is 0.911 bits per heavy atom. The van der Waals surface area contributed by atoms with E-state index < -0.39 is 29.1 Å². The molecule has 5 rings (SSSR count). The van der Waals surface area contributed by atoms with Gasteiger partial charge in [-0.1, -0.05) is 25.5 Å². The van der Waals surface area contributed by atoms with Crippen molar-refractivity contribution in [2.75, 3.05) is 27.3 Å². The minimum atomic E-state index is -5.05. The number of esters is 1. The van der Waals surface area contributed by atoms with E-state index in [1.165, 1.54) is 50.6 Å². The number of carbonyl (C=O) groups excluding carboxylic acids is 1. The number of likely N-dealkylation sites (tertiary alicyclic amines) is 1. The number of carbonyl (C=O) groups is 1. The fourth-order valence-corrected chi connectivity index (χ4v) is 5.55. The molecule has 1 fully saturated rings. The summed E-state index contributed by atoms with van der Waals surface area (Å²) in [6.45, 7) is 3.74. The number of fused-ring (bicyclic) bond motifs is 1. The lowest BCUT2D eigenvalue weighted by Crippen LogP contribution is -3.11. The summed E-state index contributed by atoms with van der Waals surface area (Å²) in [5, 5.41) is -0.113. The number of hydrogen-bond donors (Lipinski definition) is 1. The van der Waals surface area contributed by atoms with E-state index in [4.69, 9.17) is 23.4 Å². The molecular formula is C34H35F3NO7+.